The molecule has 0 spiro atoms. The zero-order valence-electron chi connectivity index (χ0n) is 5.50. The fourth-order valence-corrected chi connectivity index (χ4v) is 0.450. The molecule has 0 aromatic carbocycles. The van der Waals surface area contributed by atoms with Gasteiger partial charge in [-0.1, -0.05) is 13.8 Å². The molecule has 0 rings (SSSR count). The van der Waals surface area contributed by atoms with Gasteiger partial charge in [0.15, 0.2) is 0 Å². The van der Waals surface area contributed by atoms with Gasteiger partial charge < -0.3 is 9.42 Å². The smallest absolute Gasteiger partial charge is 0.364 e. The van der Waals surface area contributed by atoms with Crippen LogP contribution in [0, 0.1) is 5.92 Å². The van der Waals surface area contributed by atoms with Crippen LogP contribution in [0.2, 0.25) is 0 Å². The molecule has 0 saturated heterocycles. The van der Waals surface area contributed by atoms with Crippen molar-refractivity contribution in [2.75, 3.05) is 0 Å². The molecule has 0 bridgehead atoms. The standard InChI is InChI=1S/C5H11O3P/c1-5(2)3-4-8-9(6)7/h3-5,9H,1-2H3,(H,6,7). The fraction of sp³-hybridized carbons (Fsp3) is 0.600. The summed E-state index contributed by atoms with van der Waals surface area (Å²) in [5, 5.41) is 0. The van der Waals surface area contributed by atoms with Crippen molar-refractivity contribution in [1.82, 2.24) is 0 Å². The summed E-state index contributed by atoms with van der Waals surface area (Å²) >= 11 is 0. The van der Waals surface area contributed by atoms with Gasteiger partial charge in [0.2, 0.25) is 0 Å². The lowest BCUT2D eigenvalue weighted by molar-refractivity contribution is 0.376. The van der Waals surface area contributed by atoms with Crippen LogP contribution in [-0.4, -0.2) is 4.89 Å². The summed E-state index contributed by atoms with van der Waals surface area (Å²) in [6.07, 6.45) is 2.96. The highest BCUT2D eigenvalue weighted by Crippen LogP contribution is 2.14. The predicted molar refractivity (Wildman–Crippen MR) is 36.3 cm³/mol. The second kappa shape index (κ2) is 4.59. The van der Waals surface area contributed by atoms with Crippen LogP contribution in [0.15, 0.2) is 12.3 Å². The van der Waals surface area contributed by atoms with Crippen LogP contribution in [0.5, 0.6) is 0 Å². The molecule has 1 unspecified atom stereocenters. The van der Waals surface area contributed by atoms with E-state index in [1.54, 1.807) is 6.08 Å². The first kappa shape index (κ1) is 8.73. The maximum atomic E-state index is 9.89. The minimum absolute atomic E-state index is 0.353. The molecule has 0 saturated carbocycles. The van der Waals surface area contributed by atoms with Crippen molar-refractivity contribution in [3.05, 3.63) is 12.3 Å². The molecular weight excluding hydrogens is 139 g/mol. The van der Waals surface area contributed by atoms with Crippen LogP contribution in [0.4, 0.5) is 0 Å². The van der Waals surface area contributed by atoms with Gasteiger partial charge in [0, 0.05) is 0 Å². The minimum Gasteiger partial charge on any atom is -0.435 e. The van der Waals surface area contributed by atoms with E-state index in [0.717, 1.165) is 0 Å². The van der Waals surface area contributed by atoms with E-state index >= 15 is 0 Å². The van der Waals surface area contributed by atoms with E-state index in [0.29, 0.717) is 5.92 Å². The molecule has 0 radical (unpaired) electrons. The third-order valence-electron chi connectivity index (χ3n) is 0.632. The lowest BCUT2D eigenvalue weighted by Crippen LogP contribution is -1.76. The molecular formula is C5H11O3P. The Morgan fingerprint density at radius 2 is 2.22 bits per heavy atom. The molecule has 9 heavy (non-hydrogen) atoms. The highest BCUT2D eigenvalue weighted by molar-refractivity contribution is 7.32. The Hall–Kier alpha value is -0.270. The Labute approximate surface area is 55.3 Å². The maximum absolute atomic E-state index is 9.89. The van der Waals surface area contributed by atoms with E-state index in [-0.39, 0.29) is 0 Å². The summed E-state index contributed by atoms with van der Waals surface area (Å²) in [5.74, 6) is 0.353. The maximum Gasteiger partial charge on any atom is 0.364 e. The average Bonchev–Trinajstić information content (AvgIpc) is 1.63. The normalized spacial score (nSPS) is 14.7. The molecule has 0 aliphatic rings. The topological polar surface area (TPSA) is 46.5 Å². The summed E-state index contributed by atoms with van der Waals surface area (Å²) in [6, 6.07) is 0. The molecule has 4 heteroatoms. The number of hydrogen-bond donors (Lipinski definition) is 1. The van der Waals surface area contributed by atoms with Crippen molar-refractivity contribution in [3.8, 4) is 0 Å². The van der Waals surface area contributed by atoms with E-state index in [1.807, 2.05) is 13.8 Å². The Morgan fingerprint density at radius 3 is 2.56 bits per heavy atom. The quantitative estimate of drug-likeness (QED) is 0.490. The monoisotopic (exact) mass is 150 g/mol. The van der Waals surface area contributed by atoms with Crippen molar-refractivity contribution >= 4 is 8.25 Å². The van der Waals surface area contributed by atoms with E-state index in [4.69, 9.17) is 4.89 Å². The zero-order valence-corrected chi connectivity index (χ0v) is 6.50. The Morgan fingerprint density at radius 1 is 1.67 bits per heavy atom. The first-order valence-corrected chi connectivity index (χ1v) is 3.95. The number of rotatable bonds is 3. The molecule has 1 N–H and O–H groups in total. The molecule has 0 aliphatic carbocycles. The van der Waals surface area contributed by atoms with E-state index in [1.165, 1.54) is 6.26 Å². The van der Waals surface area contributed by atoms with Crippen LogP contribution < -0.4 is 0 Å². The van der Waals surface area contributed by atoms with Gasteiger partial charge in [-0.3, -0.25) is 0 Å². The molecule has 0 aliphatic heterocycles. The zero-order chi connectivity index (χ0) is 7.28. The van der Waals surface area contributed by atoms with Crippen molar-refractivity contribution in [2.45, 2.75) is 13.8 Å². The van der Waals surface area contributed by atoms with Crippen molar-refractivity contribution < 1.29 is 14.0 Å². The molecule has 0 aromatic heterocycles. The molecule has 54 valence electrons. The molecule has 0 heterocycles. The molecule has 3 nitrogen and oxygen atoms in total. The summed E-state index contributed by atoms with van der Waals surface area (Å²) in [4.78, 5) is 8.14. The Bertz CT molecular complexity index is 119. The van der Waals surface area contributed by atoms with Gasteiger partial charge in [0.25, 0.3) is 0 Å². The summed E-state index contributed by atoms with van der Waals surface area (Å²) in [5.41, 5.74) is 0. The fourth-order valence-electron chi connectivity index (χ4n) is 0.255. The SMILES string of the molecule is CC(C)C=CO[PH](=O)O. The second-order valence-electron chi connectivity index (χ2n) is 1.96. The van der Waals surface area contributed by atoms with Gasteiger partial charge in [-0.15, -0.1) is 0 Å². The van der Waals surface area contributed by atoms with Crippen molar-refractivity contribution in [3.63, 3.8) is 0 Å². The third kappa shape index (κ3) is 7.73. The van der Waals surface area contributed by atoms with E-state index in [9.17, 15) is 4.57 Å². The van der Waals surface area contributed by atoms with Gasteiger partial charge >= 0.3 is 8.25 Å². The third-order valence-corrected chi connectivity index (χ3v) is 0.970. The lowest BCUT2D eigenvalue weighted by atomic mass is 10.2. The van der Waals surface area contributed by atoms with Crippen molar-refractivity contribution in [2.24, 2.45) is 5.92 Å². The van der Waals surface area contributed by atoms with Crippen LogP contribution in [0.1, 0.15) is 13.8 Å². The average molecular weight is 150 g/mol. The van der Waals surface area contributed by atoms with Gasteiger partial charge in [-0.25, -0.2) is 4.57 Å². The summed E-state index contributed by atoms with van der Waals surface area (Å²) in [7, 11) is -2.77. The van der Waals surface area contributed by atoms with Crippen LogP contribution in [-0.2, 0) is 9.09 Å². The highest BCUT2D eigenvalue weighted by Gasteiger charge is 1.85. The van der Waals surface area contributed by atoms with E-state index < -0.39 is 8.25 Å². The number of allylic oxidation sites excluding steroid dienone is 1. The minimum atomic E-state index is -2.77. The Kier molecular flexibility index (Phi) is 4.46. The highest BCUT2D eigenvalue weighted by atomic mass is 31.1. The molecule has 0 amide bonds. The lowest BCUT2D eigenvalue weighted by Gasteiger charge is -1.93. The summed E-state index contributed by atoms with van der Waals surface area (Å²) < 4.78 is 14.2. The largest absolute Gasteiger partial charge is 0.435 e. The second-order valence-corrected chi connectivity index (χ2v) is 2.72. The van der Waals surface area contributed by atoms with Gasteiger partial charge in [0.05, 0.1) is 6.26 Å². The summed E-state index contributed by atoms with van der Waals surface area (Å²) in [6.45, 7) is 3.91. The van der Waals surface area contributed by atoms with E-state index in [2.05, 4.69) is 4.52 Å². The van der Waals surface area contributed by atoms with Gasteiger partial charge in [0.1, 0.15) is 0 Å². The number of hydrogen-bond acceptors (Lipinski definition) is 2. The van der Waals surface area contributed by atoms with Crippen LogP contribution in [0.25, 0.3) is 0 Å². The van der Waals surface area contributed by atoms with Crippen molar-refractivity contribution in [1.29, 1.82) is 0 Å². The first-order valence-electron chi connectivity index (χ1n) is 2.69. The van der Waals surface area contributed by atoms with Gasteiger partial charge in [-0.2, -0.15) is 0 Å². The Balaban J connectivity index is 3.36. The molecule has 0 aromatic rings. The first-order chi connectivity index (χ1) is 4.13. The predicted octanol–water partition coefficient (Wildman–Crippen LogP) is 1.55. The molecule has 1 atom stereocenters. The van der Waals surface area contributed by atoms with Gasteiger partial charge in [-0.05, 0) is 12.0 Å². The van der Waals surface area contributed by atoms with Crippen LogP contribution >= 0.6 is 8.25 Å². The van der Waals surface area contributed by atoms with Crippen LogP contribution in [0.3, 0.4) is 0 Å². The molecule has 0 fully saturated rings.